The highest BCUT2D eigenvalue weighted by Crippen LogP contribution is 2.19. The number of primary amides is 1. The number of carbonyl (C=O) groups excluding carboxylic acids is 2. The van der Waals surface area contributed by atoms with Gasteiger partial charge in [0.05, 0.1) is 0 Å². The van der Waals surface area contributed by atoms with E-state index in [0.29, 0.717) is 24.5 Å². The van der Waals surface area contributed by atoms with Crippen LogP contribution in [0.4, 0.5) is 4.39 Å². The third-order valence-corrected chi connectivity index (χ3v) is 3.60. The summed E-state index contributed by atoms with van der Waals surface area (Å²) in [5.74, 6) is -0.919. The van der Waals surface area contributed by atoms with Crippen LogP contribution in [0.15, 0.2) is 24.3 Å². The second kappa shape index (κ2) is 7.17. The molecule has 0 unspecified atom stereocenters. The minimum Gasteiger partial charge on any atom is -0.381 e. The lowest BCUT2D eigenvalue weighted by atomic mass is 10.0. The summed E-state index contributed by atoms with van der Waals surface area (Å²) in [7, 11) is 0. The zero-order chi connectivity index (χ0) is 15.2. The van der Waals surface area contributed by atoms with Crippen molar-refractivity contribution < 1.29 is 18.7 Å². The summed E-state index contributed by atoms with van der Waals surface area (Å²) in [6.07, 6.45) is 2.00. The van der Waals surface area contributed by atoms with Crippen LogP contribution in [0.3, 0.4) is 0 Å². The molecule has 0 spiro atoms. The first-order chi connectivity index (χ1) is 10.1. The van der Waals surface area contributed by atoms with Crippen molar-refractivity contribution >= 4 is 11.8 Å². The molecule has 3 N–H and O–H groups in total. The standard InChI is InChI=1S/C15H19FN2O3/c16-12-4-2-11(3-5-12)14(15(17)20)18-13(19)6-1-10-7-8-21-9-10/h2-5,10,14H,1,6-9H2,(H2,17,20)(H,18,19)/t10-,14-/m0/s1. The second-order valence-corrected chi connectivity index (χ2v) is 5.22. The van der Waals surface area contributed by atoms with E-state index in [1.807, 2.05) is 0 Å². The molecule has 0 saturated carbocycles. The number of hydrogen-bond acceptors (Lipinski definition) is 3. The van der Waals surface area contributed by atoms with Gasteiger partial charge < -0.3 is 15.8 Å². The highest BCUT2D eigenvalue weighted by atomic mass is 19.1. The molecule has 6 heteroatoms. The van der Waals surface area contributed by atoms with Crippen LogP contribution in [0.5, 0.6) is 0 Å². The van der Waals surface area contributed by atoms with Crippen LogP contribution in [0.25, 0.3) is 0 Å². The number of nitrogens with one attached hydrogen (secondary N) is 1. The maximum absolute atomic E-state index is 12.9. The third kappa shape index (κ3) is 4.53. The molecule has 0 aromatic heterocycles. The predicted molar refractivity (Wildman–Crippen MR) is 74.6 cm³/mol. The molecule has 1 fully saturated rings. The van der Waals surface area contributed by atoms with E-state index in [2.05, 4.69) is 5.32 Å². The number of hydrogen-bond donors (Lipinski definition) is 2. The first-order valence-electron chi connectivity index (χ1n) is 6.98. The molecule has 114 valence electrons. The smallest absolute Gasteiger partial charge is 0.244 e. The molecule has 1 aliphatic rings. The number of halogens is 1. The molecule has 1 aromatic carbocycles. The van der Waals surface area contributed by atoms with Crippen LogP contribution in [0.1, 0.15) is 30.9 Å². The predicted octanol–water partition coefficient (Wildman–Crippen LogP) is 1.28. The average molecular weight is 294 g/mol. The molecular formula is C15H19FN2O3. The van der Waals surface area contributed by atoms with Gasteiger partial charge in [-0.3, -0.25) is 9.59 Å². The Labute approximate surface area is 122 Å². The molecule has 1 saturated heterocycles. The van der Waals surface area contributed by atoms with Gasteiger partial charge in [-0.2, -0.15) is 0 Å². The van der Waals surface area contributed by atoms with Gasteiger partial charge in [-0.1, -0.05) is 12.1 Å². The Morgan fingerprint density at radius 3 is 2.67 bits per heavy atom. The topological polar surface area (TPSA) is 81.4 Å². The zero-order valence-electron chi connectivity index (χ0n) is 11.7. The first kappa shape index (κ1) is 15.4. The molecule has 2 amide bonds. The fraction of sp³-hybridized carbons (Fsp3) is 0.467. The fourth-order valence-electron chi connectivity index (χ4n) is 2.35. The van der Waals surface area contributed by atoms with Crippen molar-refractivity contribution in [1.29, 1.82) is 0 Å². The van der Waals surface area contributed by atoms with Crippen LogP contribution in [0.2, 0.25) is 0 Å². The van der Waals surface area contributed by atoms with Gasteiger partial charge in [0.2, 0.25) is 11.8 Å². The summed E-state index contributed by atoms with van der Waals surface area (Å²) < 4.78 is 18.1. The number of ether oxygens (including phenoxy) is 1. The Kier molecular flexibility index (Phi) is 5.27. The largest absolute Gasteiger partial charge is 0.381 e. The Morgan fingerprint density at radius 2 is 2.10 bits per heavy atom. The van der Waals surface area contributed by atoms with E-state index in [4.69, 9.17) is 10.5 Å². The number of rotatable bonds is 6. The monoisotopic (exact) mass is 294 g/mol. The summed E-state index contributed by atoms with van der Waals surface area (Å²) in [6, 6.07) is 4.41. The molecule has 0 bridgehead atoms. The summed E-state index contributed by atoms with van der Waals surface area (Å²) in [4.78, 5) is 23.4. The third-order valence-electron chi connectivity index (χ3n) is 3.60. The van der Waals surface area contributed by atoms with Gasteiger partial charge in [-0.05, 0) is 36.5 Å². The van der Waals surface area contributed by atoms with Crippen LogP contribution >= 0.6 is 0 Å². The molecule has 1 aliphatic heterocycles. The van der Waals surface area contributed by atoms with E-state index in [1.165, 1.54) is 24.3 Å². The quantitative estimate of drug-likeness (QED) is 0.829. The van der Waals surface area contributed by atoms with Crippen LogP contribution in [0, 0.1) is 11.7 Å². The Bertz CT molecular complexity index is 498. The van der Waals surface area contributed by atoms with Crippen molar-refractivity contribution in [2.24, 2.45) is 11.7 Å². The molecule has 2 atom stereocenters. The lowest BCUT2D eigenvalue weighted by Gasteiger charge is -2.16. The van der Waals surface area contributed by atoms with Crippen LogP contribution in [-0.4, -0.2) is 25.0 Å². The SMILES string of the molecule is NC(=O)[C@@H](NC(=O)CC[C@H]1CCOC1)c1ccc(F)cc1. The number of benzene rings is 1. The van der Waals surface area contributed by atoms with E-state index < -0.39 is 17.8 Å². The summed E-state index contributed by atoms with van der Waals surface area (Å²) in [5, 5.41) is 2.60. The molecular weight excluding hydrogens is 275 g/mol. The van der Waals surface area contributed by atoms with Gasteiger partial charge in [0.1, 0.15) is 11.9 Å². The highest BCUT2D eigenvalue weighted by molar-refractivity contribution is 5.87. The average Bonchev–Trinajstić information content (AvgIpc) is 2.97. The number of carbonyl (C=O) groups is 2. The molecule has 1 aromatic rings. The van der Waals surface area contributed by atoms with E-state index in [1.54, 1.807) is 0 Å². The van der Waals surface area contributed by atoms with Gasteiger partial charge in [-0.15, -0.1) is 0 Å². The second-order valence-electron chi connectivity index (χ2n) is 5.22. The lowest BCUT2D eigenvalue weighted by molar-refractivity contribution is -0.127. The van der Waals surface area contributed by atoms with Crippen LogP contribution in [-0.2, 0) is 14.3 Å². The Balaban J connectivity index is 1.91. The number of nitrogens with two attached hydrogens (primary N) is 1. The van der Waals surface area contributed by atoms with Gasteiger partial charge >= 0.3 is 0 Å². The molecule has 0 aliphatic carbocycles. The van der Waals surface area contributed by atoms with Crippen molar-refractivity contribution in [2.45, 2.75) is 25.3 Å². The minimum absolute atomic E-state index is 0.241. The van der Waals surface area contributed by atoms with Crippen molar-refractivity contribution in [1.82, 2.24) is 5.32 Å². The molecule has 21 heavy (non-hydrogen) atoms. The van der Waals surface area contributed by atoms with Crippen LogP contribution < -0.4 is 11.1 Å². The summed E-state index contributed by atoms with van der Waals surface area (Å²) in [6.45, 7) is 1.43. The van der Waals surface area contributed by atoms with Crippen molar-refractivity contribution in [3.8, 4) is 0 Å². The van der Waals surface area contributed by atoms with E-state index >= 15 is 0 Å². The minimum atomic E-state index is -0.932. The Morgan fingerprint density at radius 1 is 1.38 bits per heavy atom. The van der Waals surface area contributed by atoms with Crippen molar-refractivity contribution in [3.05, 3.63) is 35.6 Å². The zero-order valence-corrected chi connectivity index (χ0v) is 11.7. The summed E-state index contributed by atoms with van der Waals surface area (Å²) >= 11 is 0. The maximum atomic E-state index is 12.9. The van der Waals surface area contributed by atoms with E-state index in [0.717, 1.165) is 19.4 Å². The van der Waals surface area contributed by atoms with E-state index in [-0.39, 0.29) is 5.91 Å². The van der Waals surface area contributed by atoms with Gasteiger partial charge in [0.15, 0.2) is 0 Å². The summed E-state index contributed by atoms with van der Waals surface area (Å²) in [5.41, 5.74) is 5.78. The van der Waals surface area contributed by atoms with Gasteiger partial charge in [-0.25, -0.2) is 4.39 Å². The maximum Gasteiger partial charge on any atom is 0.244 e. The molecule has 0 radical (unpaired) electrons. The number of amides is 2. The molecule has 1 heterocycles. The van der Waals surface area contributed by atoms with Crippen molar-refractivity contribution in [2.75, 3.05) is 13.2 Å². The highest BCUT2D eigenvalue weighted by Gasteiger charge is 2.22. The fourth-order valence-corrected chi connectivity index (χ4v) is 2.35. The lowest BCUT2D eigenvalue weighted by Crippen LogP contribution is -2.37. The molecule has 5 nitrogen and oxygen atoms in total. The first-order valence-corrected chi connectivity index (χ1v) is 6.98. The normalized spacial score (nSPS) is 19.2. The van der Waals surface area contributed by atoms with Gasteiger partial charge in [0.25, 0.3) is 0 Å². The van der Waals surface area contributed by atoms with Gasteiger partial charge in [0, 0.05) is 19.6 Å². The molecule has 2 rings (SSSR count). The Hall–Kier alpha value is -1.95. The van der Waals surface area contributed by atoms with Crippen molar-refractivity contribution in [3.63, 3.8) is 0 Å². The van der Waals surface area contributed by atoms with E-state index in [9.17, 15) is 14.0 Å².